The fraction of sp³-hybridized carbons (Fsp3) is 0.348. The van der Waals surface area contributed by atoms with E-state index < -0.39 is 5.97 Å². The van der Waals surface area contributed by atoms with E-state index in [1.807, 2.05) is 6.07 Å². The highest BCUT2D eigenvalue weighted by Gasteiger charge is 2.26. The Morgan fingerprint density at radius 1 is 0.800 bits per heavy atom. The first-order valence-corrected chi connectivity index (χ1v) is 10.1. The maximum absolute atomic E-state index is 12.2. The molecule has 7 heteroatoms. The molecule has 30 heavy (non-hydrogen) atoms. The minimum Gasteiger partial charge on any atom is -0.490 e. The second kappa shape index (κ2) is 10.4. The van der Waals surface area contributed by atoms with Crippen molar-refractivity contribution in [3.63, 3.8) is 0 Å². The highest BCUT2D eigenvalue weighted by molar-refractivity contribution is 5.95. The largest absolute Gasteiger partial charge is 0.490 e. The summed E-state index contributed by atoms with van der Waals surface area (Å²) in [6.07, 6.45) is 2.69. The first-order chi connectivity index (χ1) is 14.5. The lowest BCUT2D eigenvalue weighted by Gasteiger charge is -2.26. The molecular weight excluding hydrogens is 384 g/mol. The number of ether oxygens (including phenoxy) is 1. The first kappa shape index (κ1) is 21.4. The van der Waals surface area contributed by atoms with E-state index in [0.29, 0.717) is 55.6 Å². The molecular formula is C23H26N2O5. The van der Waals surface area contributed by atoms with E-state index in [2.05, 4.69) is 10.6 Å². The molecule has 3 N–H and O–H groups in total. The molecule has 2 aromatic rings. The molecule has 0 heterocycles. The number of rotatable bonds is 8. The van der Waals surface area contributed by atoms with Gasteiger partial charge >= 0.3 is 5.97 Å². The van der Waals surface area contributed by atoms with Crippen LogP contribution in [0.5, 0.6) is 5.75 Å². The minimum absolute atomic E-state index is 0.00787. The molecule has 0 saturated heterocycles. The van der Waals surface area contributed by atoms with Crippen LogP contribution in [0, 0.1) is 5.92 Å². The molecule has 1 aliphatic rings. The van der Waals surface area contributed by atoms with Crippen LogP contribution in [0.3, 0.4) is 0 Å². The molecule has 2 amide bonds. The maximum atomic E-state index is 12.2. The minimum atomic E-state index is -0.733. The van der Waals surface area contributed by atoms with Gasteiger partial charge in [0.05, 0.1) is 12.0 Å². The zero-order chi connectivity index (χ0) is 21.3. The van der Waals surface area contributed by atoms with Gasteiger partial charge in [-0.15, -0.1) is 0 Å². The Bertz CT molecular complexity index is 859. The van der Waals surface area contributed by atoms with Gasteiger partial charge in [0.1, 0.15) is 5.75 Å². The van der Waals surface area contributed by atoms with Gasteiger partial charge in [-0.25, -0.2) is 0 Å². The Morgan fingerprint density at radius 3 is 1.87 bits per heavy atom. The Kier molecular flexibility index (Phi) is 7.43. The highest BCUT2D eigenvalue weighted by Crippen LogP contribution is 2.27. The first-order valence-electron chi connectivity index (χ1n) is 10.1. The van der Waals surface area contributed by atoms with Crippen molar-refractivity contribution in [2.45, 2.75) is 31.8 Å². The molecule has 0 radical (unpaired) electrons. The number of aliphatic carboxylic acids is 1. The molecule has 0 unspecified atom stereocenters. The van der Waals surface area contributed by atoms with Gasteiger partial charge in [-0.1, -0.05) is 18.2 Å². The van der Waals surface area contributed by atoms with Crippen molar-refractivity contribution in [1.82, 2.24) is 10.6 Å². The van der Waals surface area contributed by atoms with Crippen molar-refractivity contribution in [3.05, 3.63) is 65.7 Å². The third-order valence-corrected chi connectivity index (χ3v) is 5.17. The van der Waals surface area contributed by atoms with Crippen molar-refractivity contribution >= 4 is 17.8 Å². The standard InChI is InChI=1S/C23H26N2O5/c26-21(16-4-2-1-3-5-16)24-14-15-25-22(27)17-6-10-19(11-7-17)30-20-12-8-18(9-13-20)23(28)29/h1-7,10-11,18,20H,8-9,12-15H2,(H,24,26)(H,25,27)(H,28,29)/t18-,20-. The van der Waals surface area contributed by atoms with Gasteiger partial charge in [0.25, 0.3) is 11.8 Å². The van der Waals surface area contributed by atoms with E-state index >= 15 is 0 Å². The topological polar surface area (TPSA) is 105 Å². The lowest BCUT2D eigenvalue weighted by Crippen LogP contribution is -2.34. The Balaban J connectivity index is 1.38. The van der Waals surface area contributed by atoms with Gasteiger partial charge < -0.3 is 20.5 Å². The van der Waals surface area contributed by atoms with Gasteiger partial charge in [-0.05, 0) is 62.1 Å². The summed E-state index contributed by atoms with van der Waals surface area (Å²) in [5.41, 5.74) is 1.09. The van der Waals surface area contributed by atoms with Gasteiger partial charge in [0, 0.05) is 24.2 Å². The van der Waals surface area contributed by atoms with Gasteiger partial charge in [-0.3, -0.25) is 14.4 Å². The number of amides is 2. The summed E-state index contributed by atoms with van der Waals surface area (Å²) in [5, 5.41) is 14.6. The summed E-state index contributed by atoms with van der Waals surface area (Å²) in [5.74, 6) is -0.737. The van der Waals surface area contributed by atoms with Crippen LogP contribution in [0.2, 0.25) is 0 Å². The number of hydrogen-bond acceptors (Lipinski definition) is 4. The van der Waals surface area contributed by atoms with Crippen molar-refractivity contribution in [2.75, 3.05) is 13.1 Å². The number of hydrogen-bond donors (Lipinski definition) is 3. The quantitative estimate of drug-likeness (QED) is 0.581. The van der Waals surface area contributed by atoms with E-state index in [4.69, 9.17) is 9.84 Å². The molecule has 3 rings (SSSR count). The molecule has 7 nitrogen and oxygen atoms in total. The Hall–Kier alpha value is -3.35. The number of carboxylic acids is 1. The summed E-state index contributed by atoms with van der Waals surface area (Å²) in [7, 11) is 0. The van der Waals surface area contributed by atoms with Crippen molar-refractivity contribution < 1.29 is 24.2 Å². The second-order valence-electron chi connectivity index (χ2n) is 7.33. The van der Waals surface area contributed by atoms with E-state index in [9.17, 15) is 14.4 Å². The lowest BCUT2D eigenvalue weighted by atomic mass is 9.87. The van der Waals surface area contributed by atoms with Crippen LogP contribution >= 0.6 is 0 Å². The average molecular weight is 410 g/mol. The summed E-state index contributed by atoms with van der Waals surface area (Å²) in [6, 6.07) is 15.8. The highest BCUT2D eigenvalue weighted by atomic mass is 16.5. The molecule has 0 atom stereocenters. The Labute approximate surface area is 175 Å². The van der Waals surface area contributed by atoms with Gasteiger partial charge in [0.15, 0.2) is 0 Å². The second-order valence-corrected chi connectivity index (χ2v) is 7.33. The molecule has 0 bridgehead atoms. The van der Waals surface area contributed by atoms with Crippen LogP contribution < -0.4 is 15.4 Å². The summed E-state index contributed by atoms with van der Waals surface area (Å²) in [4.78, 5) is 35.2. The van der Waals surface area contributed by atoms with Crippen molar-refractivity contribution in [3.8, 4) is 5.75 Å². The fourth-order valence-electron chi connectivity index (χ4n) is 3.45. The van der Waals surface area contributed by atoms with E-state index in [0.717, 1.165) is 0 Å². The molecule has 0 aliphatic heterocycles. The van der Waals surface area contributed by atoms with Gasteiger partial charge in [0.2, 0.25) is 0 Å². The van der Waals surface area contributed by atoms with Gasteiger partial charge in [-0.2, -0.15) is 0 Å². The predicted molar refractivity (Wildman–Crippen MR) is 112 cm³/mol. The van der Waals surface area contributed by atoms with Crippen molar-refractivity contribution in [2.24, 2.45) is 5.92 Å². The van der Waals surface area contributed by atoms with E-state index in [-0.39, 0.29) is 23.8 Å². The normalized spacial score (nSPS) is 18.3. The maximum Gasteiger partial charge on any atom is 0.306 e. The molecule has 158 valence electrons. The number of carbonyl (C=O) groups excluding carboxylic acids is 2. The third-order valence-electron chi connectivity index (χ3n) is 5.17. The molecule has 1 aliphatic carbocycles. The summed E-state index contributed by atoms with van der Waals surface area (Å²) in [6.45, 7) is 0.655. The molecule has 1 fully saturated rings. The number of benzene rings is 2. The summed E-state index contributed by atoms with van der Waals surface area (Å²) < 4.78 is 5.91. The van der Waals surface area contributed by atoms with Crippen LogP contribution in [-0.2, 0) is 4.79 Å². The smallest absolute Gasteiger partial charge is 0.306 e. The fourth-order valence-corrected chi connectivity index (χ4v) is 3.45. The summed E-state index contributed by atoms with van der Waals surface area (Å²) >= 11 is 0. The van der Waals surface area contributed by atoms with Crippen LogP contribution in [0.1, 0.15) is 46.4 Å². The van der Waals surface area contributed by atoms with Crippen LogP contribution in [-0.4, -0.2) is 42.1 Å². The van der Waals surface area contributed by atoms with Crippen LogP contribution in [0.4, 0.5) is 0 Å². The average Bonchev–Trinajstić information content (AvgIpc) is 2.78. The Morgan fingerprint density at radius 2 is 1.33 bits per heavy atom. The number of nitrogens with one attached hydrogen (secondary N) is 2. The third kappa shape index (κ3) is 6.07. The predicted octanol–water partition coefficient (Wildman–Crippen LogP) is 2.87. The SMILES string of the molecule is O=C(NCCNC(=O)c1ccc(O[C@H]2CC[C@H](C(=O)O)CC2)cc1)c1ccccc1. The molecule has 0 aromatic heterocycles. The zero-order valence-electron chi connectivity index (χ0n) is 16.7. The van der Waals surface area contributed by atoms with E-state index in [1.165, 1.54) is 0 Å². The van der Waals surface area contributed by atoms with Crippen LogP contribution in [0.25, 0.3) is 0 Å². The monoisotopic (exact) mass is 410 g/mol. The lowest BCUT2D eigenvalue weighted by molar-refractivity contribution is -0.143. The zero-order valence-corrected chi connectivity index (χ0v) is 16.7. The molecule has 0 spiro atoms. The van der Waals surface area contributed by atoms with E-state index in [1.54, 1.807) is 48.5 Å². The number of carboxylic acid groups (broad SMARTS) is 1. The molecule has 1 saturated carbocycles. The number of carbonyl (C=O) groups is 3. The van der Waals surface area contributed by atoms with Crippen LogP contribution in [0.15, 0.2) is 54.6 Å². The van der Waals surface area contributed by atoms with Crippen molar-refractivity contribution in [1.29, 1.82) is 0 Å². The molecule has 2 aromatic carbocycles.